The third kappa shape index (κ3) is 3.70. The lowest BCUT2D eigenvalue weighted by Crippen LogP contribution is -2.28. The van der Waals surface area contributed by atoms with Crippen LogP contribution in [0.25, 0.3) is 55.3 Å². The first-order valence-corrected chi connectivity index (χ1v) is 15.6. The minimum Gasteiger partial charge on any atom is -0.454 e. The summed E-state index contributed by atoms with van der Waals surface area (Å²) in [6.45, 7) is 0. The van der Waals surface area contributed by atoms with Crippen LogP contribution in [-0.4, -0.2) is 0 Å². The molecule has 214 valence electrons. The molecular formula is C44H27NO. The van der Waals surface area contributed by atoms with E-state index in [1.807, 2.05) is 18.2 Å². The van der Waals surface area contributed by atoms with Gasteiger partial charge in [-0.3, -0.25) is 0 Å². The van der Waals surface area contributed by atoms with E-state index in [2.05, 4.69) is 152 Å². The number of benzene rings is 7. The second-order valence-electron chi connectivity index (χ2n) is 11.9. The van der Waals surface area contributed by atoms with Gasteiger partial charge in [-0.15, -0.1) is 0 Å². The predicted octanol–water partition coefficient (Wildman–Crippen LogP) is 11.2. The Morgan fingerprint density at radius 1 is 0.435 bits per heavy atom. The summed E-state index contributed by atoms with van der Waals surface area (Å²) in [5, 5.41) is 11.7. The molecule has 46 heavy (non-hydrogen) atoms. The first-order valence-electron chi connectivity index (χ1n) is 15.6. The van der Waals surface area contributed by atoms with Crippen molar-refractivity contribution in [2.75, 3.05) is 0 Å². The number of nitriles is 1. The van der Waals surface area contributed by atoms with E-state index in [1.165, 1.54) is 33.4 Å². The summed E-state index contributed by atoms with van der Waals surface area (Å²) in [6, 6.07) is 60.6. The van der Waals surface area contributed by atoms with Crippen LogP contribution in [0.1, 0.15) is 27.8 Å². The summed E-state index contributed by atoms with van der Waals surface area (Å²) in [6.07, 6.45) is 0. The average molecular weight is 586 g/mol. The fraction of sp³-hybridized carbons (Fsp3) is 0.0227. The Balaban J connectivity index is 1.25. The number of furan rings is 1. The van der Waals surface area contributed by atoms with Crippen molar-refractivity contribution in [3.8, 4) is 39.4 Å². The third-order valence-corrected chi connectivity index (χ3v) is 9.61. The van der Waals surface area contributed by atoms with Crippen molar-refractivity contribution in [2.24, 2.45) is 0 Å². The standard InChI is InChI=1S/C44H27NO/c45-28-32-14-10-21-38-39-22-11-20-35(43(39)46-42(32)38)31-13-9-12-29(26-31)30-24-25-37-36-19-7-8-23-40(36)44(41(37)27-30,33-15-3-1-4-16-33)34-17-5-2-6-18-34/h1-27H. The zero-order valence-corrected chi connectivity index (χ0v) is 24.9. The average Bonchev–Trinajstić information content (AvgIpc) is 3.66. The topological polar surface area (TPSA) is 36.9 Å². The minimum absolute atomic E-state index is 0.444. The lowest BCUT2D eigenvalue weighted by atomic mass is 9.67. The van der Waals surface area contributed by atoms with Crippen molar-refractivity contribution in [2.45, 2.75) is 5.41 Å². The molecule has 0 bridgehead atoms. The Labute approximate surface area is 267 Å². The highest BCUT2D eigenvalue weighted by atomic mass is 16.3. The number of fused-ring (bicyclic) bond motifs is 6. The molecule has 1 aromatic heterocycles. The SMILES string of the molecule is N#Cc1cccc2c1oc1c(-c3cccc(-c4ccc5c(c4)C(c4ccccc4)(c4ccccc4)c4ccccc4-5)c3)cccc12. The Bertz CT molecular complexity index is 2440. The van der Waals surface area contributed by atoms with Gasteiger partial charge >= 0.3 is 0 Å². The second-order valence-corrected chi connectivity index (χ2v) is 11.9. The van der Waals surface area contributed by atoms with Gasteiger partial charge in [-0.25, -0.2) is 0 Å². The van der Waals surface area contributed by atoms with E-state index in [0.29, 0.717) is 11.1 Å². The van der Waals surface area contributed by atoms with Crippen LogP contribution < -0.4 is 0 Å². The Hall–Kier alpha value is -6.17. The van der Waals surface area contributed by atoms with Gasteiger partial charge in [-0.2, -0.15) is 5.26 Å². The summed E-state index contributed by atoms with van der Waals surface area (Å²) in [7, 11) is 0. The van der Waals surface area contributed by atoms with Crippen LogP contribution in [0, 0.1) is 11.3 Å². The fourth-order valence-electron chi connectivity index (χ4n) is 7.63. The summed E-state index contributed by atoms with van der Waals surface area (Å²) in [5.74, 6) is 0. The van der Waals surface area contributed by atoms with E-state index < -0.39 is 5.41 Å². The maximum absolute atomic E-state index is 9.71. The van der Waals surface area contributed by atoms with E-state index in [9.17, 15) is 5.26 Å². The first kappa shape index (κ1) is 26.3. The maximum Gasteiger partial charge on any atom is 0.153 e. The van der Waals surface area contributed by atoms with Crippen LogP contribution in [0.2, 0.25) is 0 Å². The van der Waals surface area contributed by atoms with E-state index >= 15 is 0 Å². The Morgan fingerprint density at radius 2 is 1.02 bits per heavy atom. The van der Waals surface area contributed by atoms with Gasteiger partial charge in [0, 0.05) is 16.3 Å². The van der Waals surface area contributed by atoms with Gasteiger partial charge in [-0.05, 0) is 68.3 Å². The molecule has 0 radical (unpaired) electrons. The van der Waals surface area contributed by atoms with E-state index in [4.69, 9.17) is 4.42 Å². The van der Waals surface area contributed by atoms with Gasteiger partial charge in [0.2, 0.25) is 0 Å². The monoisotopic (exact) mass is 585 g/mol. The van der Waals surface area contributed by atoms with Gasteiger partial charge < -0.3 is 4.42 Å². The highest BCUT2D eigenvalue weighted by molar-refractivity contribution is 6.10. The largest absolute Gasteiger partial charge is 0.454 e. The molecular weight excluding hydrogens is 558 g/mol. The van der Waals surface area contributed by atoms with Gasteiger partial charge in [0.05, 0.1) is 11.0 Å². The molecule has 1 heterocycles. The summed E-state index contributed by atoms with van der Waals surface area (Å²) in [5.41, 5.74) is 13.6. The molecule has 0 unspecified atom stereocenters. The molecule has 2 heteroatoms. The normalized spacial score (nSPS) is 12.9. The molecule has 0 spiro atoms. The molecule has 0 saturated carbocycles. The molecule has 0 N–H and O–H groups in total. The van der Waals surface area contributed by atoms with Crippen LogP contribution in [0.3, 0.4) is 0 Å². The van der Waals surface area contributed by atoms with E-state index in [0.717, 1.165) is 38.6 Å². The predicted molar refractivity (Wildman–Crippen MR) is 187 cm³/mol. The first-order chi connectivity index (χ1) is 22.8. The summed E-state index contributed by atoms with van der Waals surface area (Å²) >= 11 is 0. The summed E-state index contributed by atoms with van der Waals surface area (Å²) < 4.78 is 6.40. The molecule has 7 aromatic carbocycles. The van der Waals surface area contributed by atoms with Crippen LogP contribution in [0.5, 0.6) is 0 Å². The van der Waals surface area contributed by atoms with Crippen LogP contribution >= 0.6 is 0 Å². The Kier molecular flexibility index (Phi) is 5.82. The minimum atomic E-state index is -0.444. The van der Waals surface area contributed by atoms with Gasteiger partial charge in [0.15, 0.2) is 5.58 Å². The third-order valence-electron chi connectivity index (χ3n) is 9.61. The van der Waals surface area contributed by atoms with Crippen LogP contribution in [-0.2, 0) is 5.41 Å². The second kappa shape index (κ2) is 10.2. The number of nitrogens with zero attached hydrogens (tertiary/aromatic N) is 1. The number of hydrogen-bond acceptors (Lipinski definition) is 2. The lowest BCUT2D eigenvalue weighted by molar-refractivity contribution is 0.668. The summed E-state index contributed by atoms with van der Waals surface area (Å²) in [4.78, 5) is 0. The highest BCUT2D eigenvalue weighted by Crippen LogP contribution is 2.56. The van der Waals surface area contributed by atoms with E-state index in [-0.39, 0.29) is 0 Å². The number of rotatable bonds is 4. The van der Waals surface area contributed by atoms with Gasteiger partial charge in [-0.1, -0.05) is 146 Å². The van der Waals surface area contributed by atoms with Crippen molar-refractivity contribution in [1.29, 1.82) is 5.26 Å². The Morgan fingerprint density at radius 3 is 1.78 bits per heavy atom. The molecule has 0 saturated heterocycles. The van der Waals surface area contributed by atoms with Gasteiger partial charge in [0.1, 0.15) is 11.7 Å². The molecule has 0 atom stereocenters. The molecule has 0 amide bonds. The smallest absolute Gasteiger partial charge is 0.153 e. The molecule has 2 nitrogen and oxygen atoms in total. The molecule has 9 rings (SSSR count). The molecule has 1 aliphatic carbocycles. The molecule has 0 aliphatic heterocycles. The zero-order chi connectivity index (χ0) is 30.7. The number of hydrogen-bond donors (Lipinski definition) is 0. The quantitative estimate of drug-likeness (QED) is 0.206. The number of para-hydroxylation sites is 2. The van der Waals surface area contributed by atoms with E-state index in [1.54, 1.807) is 0 Å². The fourth-order valence-corrected chi connectivity index (χ4v) is 7.63. The van der Waals surface area contributed by atoms with Crippen molar-refractivity contribution in [1.82, 2.24) is 0 Å². The van der Waals surface area contributed by atoms with Gasteiger partial charge in [0.25, 0.3) is 0 Å². The van der Waals surface area contributed by atoms with Crippen molar-refractivity contribution in [3.05, 3.63) is 192 Å². The lowest BCUT2D eigenvalue weighted by Gasteiger charge is -2.34. The molecule has 1 aliphatic rings. The highest BCUT2D eigenvalue weighted by Gasteiger charge is 2.46. The van der Waals surface area contributed by atoms with Crippen molar-refractivity contribution >= 4 is 21.9 Å². The molecule has 8 aromatic rings. The molecule has 0 fully saturated rings. The zero-order valence-electron chi connectivity index (χ0n) is 24.9. The maximum atomic E-state index is 9.71. The van der Waals surface area contributed by atoms with Crippen LogP contribution in [0.4, 0.5) is 0 Å². The van der Waals surface area contributed by atoms with Crippen molar-refractivity contribution in [3.63, 3.8) is 0 Å². The van der Waals surface area contributed by atoms with Crippen LogP contribution in [0.15, 0.2) is 168 Å². The van der Waals surface area contributed by atoms with Crippen molar-refractivity contribution < 1.29 is 4.42 Å².